The van der Waals surface area contributed by atoms with Crippen LogP contribution in [0.15, 0.2) is 31.8 Å². The molecule has 0 bridgehead atoms. The highest BCUT2D eigenvalue weighted by atomic mass is 32.2. The number of carbonyl (C=O) groups excluding carboxylic acids is 1. The number of Topliss-reactive ketones (excluding diaryl/α,β-unsaturated/α-hetero) is 1. The van der Waals surface area contributed by atoms with Crippen LogP contribution < -0.4 is 5.56 Å². The third kappa shape index (κ3) is 2.30. The average Bonchev–Trinajstić information content (AvgIpc) is 3.14. The summed E-state index contributed by atoms with van der Waals surface area (Å²) in [5.74, 6) is 1.57. The van der Waals surface area contributed by atoms with Crippen LogP contribution in [0.1, 0.15) is 28.4 Å². The van der Waals surface area contributed by atoms with Gasteiger partial charge in [-0.05, 0) is 36.3 Å². The number of hydrogen-bond donors (Lipinski definition) is 1. The first-order valence-corrected chi connectivity index (χ1v) is 8.76. The first kappa shape index (κ1) is 13.8. The number of nitrogens with zero attached hydrogens (tertiary/aromatic N) is 1. The van der Waals surface area contributed by atoms with Crippen LogP contribution >= 0.6 is 23.1 Å². The molecule has 1 aliphatic heterocycles. The summed E-state index contributed by atoms with van der Waals surface area (Å²) in [5, 5.41) is 0.696. The second-order valence-electron chi connectivity index (χ2n) is 5.09. The number of H-pyrrole nitrogens is 1. The Morgan fingerprint density at radius 2 is 2.36 bits per heavy atom. The molecule has 0 saturated heterocycles. The van der Waals surface area contributed by atoms with E-state index >= 15 is 0 Å². The Hall–Kier alpha value is -1.86. The lowest BCUT2D eigenvalue weighted by Gasteiger charge is -2.09. The molecule has 7 heteroatoms. The summed E-state index contributed by atoms with van der Waals surface area (Å²) in [4.78, 5) is 32.4. The molecule has 0 aliphatic carbocycles. The second kappa shape index (κ2) is 5.40. The molecule has 0 saturated carbocycles. The van der Waals surface area contributed by atoms with Crippen molar-refractivity contribution in [2.75, 3.05) is 5.75 Å². The predicted octanol–water partition coefficient (Wildman–Crippen LogP) is 3.04. The van der Waals surface area contributed by atoms with Crippen LogP contribution in [0, 0.1) is 0 Å². The molecule has 3 aromatic heterocycles. The number of ketones is 1. The molecule has 4 heterocycles. The number of aromatic amines is 1. The number of nitrogens with one attached hydrogen (secondary N) is 1. The van der Waals surface area contributed by atoms with Crippen LogP contribution in [-0.2, 0) is 12.8 Å². The van der Waals surface area contributed by atoms with Gasteiger partial charge in [-0.3, -0.25) is 9.59 Å². The summed E-state index contributed by atoms with van der Waals surface area (Å²) >= 11 is 3.33. The number of hydrogen-bond acceptors (Lipinski definition) is 6. The normalized spacial score (nSPS) is 14.2. The Morgan fingerprint density at radius 1 is 1.45 bits per heavy atom. The van der Waals surface area contributed by atoms with Gasteiger partial charge in [-0.2, -0.15) is 0 Å². The first-order valence-electron chi connectivity index (χ1n) is 6.96. The highest BCUT2D eigenvalue weighted by Crippen LogP contribution is 2.39. The third-order valence-electron chi connectivity index (χ3n) is 3.60. The van der Waals surface area contributed by atoms with Gasteiger partial charge in [-0.15, -0.1) is 23.1 Å². The van der Waals surface area contributed by atoms with Gasteiger partial charge >= 0.3 is 0 Å². The van der Waals surface area contributed by atoms with Crippen LogP contribution in [0.25, 0.3) is 10.2 Å². The smallest absolute Gasteiger partial charge is 0.259 e. The van der Waals surface area contributed by atoms with E-state index in [0.29, 0.717) is 11.2 Å². The number of thioether (sulfide) groups is 1. The van der Waals surface area contributed by atoms with Gasteiger partial charge in [0, 0.05) is 0 Å². The molecular weight excluding hydrogens is 320 g/mol. The lowest BCUT2D eigenvalue weighted by molar-refractivity contribution is 0.0964. The number of fused-ring (bicyclic) bond motifs is 3. The highest BCUT2D eigenvalue weighted by Gasteiger charge is 2.21. The molecule has 0 aromatic carbocycles. The summed E-state index contributed by atoms with van der Waals surface area (Å²) in [6.45, 7) is 0. The van der Waals surface area contributed by atoms with Crippen molar-refractivity contribution in [2.24, 2.45) is 0 Å². The van der Waals surface area contributed by atoms with E-state index in [-0.39, 0.29) is 23.5 Å². The average molecular weight is 332 g/mol. The summed E-state index contributed by atoms with van der Waals surface area (Å²) in [6.07, 6.45) is 3.50. The minimum Gasteiger partial charge on any atom is -0.461 e. The molecule has 3 aromatic rings. The summed E-state index contributed by atoms with van der Waals surface area (Å²) < 4.78 is 6.27. The van der Waals surface area contributed by atoms with Crippen molar-refractivity contribution in [1.82, 2.24) is 9.97 Å². The van der Waals surface area contributed by atoms with Crippen LogP contribution in [0.2, 0.25) is 0 Å². The van der Waals surface area contributed by atoms with Gasteiger partial charge in [0.05, 0.1) is 22.3 Å². The van der Waals surface area contributed by atoms with Crippen molar-refractivity contribution in [3.63, 3.8) is 0 Å². The summed E-state index contributed by atoms with van der Waals surface area (Å²) in [6, 6.07) is 3.27. The first-order chi connectivity index (χ1) is 10.7. The molecule has 0 atom stereocenters. The van der Waals surface area contributed by atoms with E-state index < -0.39 is 0 Å². The van der Waals surface area contributed by atoms with Crippen molar-refractivity contribution in [3.8, 4) is 0 Å². The van der Waals surface area contributed by atoms with Crippen molar-refractivity contribution >= 4 is 39.1 Å². The van der Waals surface area contributed by atoms with E-state index in [9.17, 15) is 9.59 Å². The van der Waals surface area contributed by atoms with Gasteiger partial charge in [0.1, 0.15) is 10.7 Å². The number of carbonyl (C=O) groups is 1. The zero-order valence-corrected chi connectivity index (χ0v) is 13.2. The van der Waals surface area contributed by atoms with Crippen molar-refractivity contribution in [2.45, 2.75) is 23.5 Å². The summed E-state index contributed by atoms with van der Waals surface area (Å²) in [7, 11) is 0. The van der Waals surface area contributed by atoms with E-state index in [0.717, 1.165) is 29.0 Å². The quantitative estimate of drug-likeness (QED) is 0.746. The molecular formula is C15H12N2O3S2. The van der Waals surface area contributed by atoms with Crippen LogP contribution in [0.3, 0.4) is 0 Å². The summed E-state index contributed by atoms with van der Waals surface area (Å²) in [5.41, 5.74) is 0.973. The fraction of sp³-hybridized carbons (Fsp3) is 0.267. The minimum absolute atomic E-state index is 0.0361. The zero-order chi connectivity index (χ0) is 15.1. The molecule has 0 fully saturated rings. The van der Waals surface area contributed by atoms with Crippen LogP contribution in [0.5, 0.6) is 0 Å². The van der Waals surface area contributed by atoms with Gasteiger partial charge < -0.3 is 9.40 Å². The van der Waals surface area contributed by atoms with Crippen molar-refractivity contribution < 1.29 is 9.21 Å². The Morgan fingerprint density at radius 3 is 3.18 bits per heavy atom. The molecule has 22 heavy (non-hydrogen) atoms. The fourth-order valence-corrected chi connectivity index (χ4v) is 5.16. The van der Waals surface area contributed by atoms with Gasteiger partial charge in [0.2, 0.25) is 5.78 Å². The van der Waals surface area contributed by atoms with E-state index in [1.807, 2.05) is 0 Å². The van der Waals surface area contributed by atoms with Gasteiger partial charge in [-0.1, -0.05) is 0 Å². The second-order valence-corrected chi connectivity index (χ2v) is 7.45. The monoisotopic (exact) mass is 332 g/mol. The van der Waals surface area contributed by atoms with Gasteiger partial charge in [-0.25, -0.2) is 4.98 Å². The van der Waals surface area contributed by atoms with Crippen molar-refractivity contribution in [3.05, 3.63) is 45.9 Å². The number of aryl methyl sites for hydroxylation is 1. The Balaban J connectivity index is 1.74. The Bertz CT molecular complexity index is 909. The molecule has 1 aliphatic rings. The number of rotatable bonds is 3. The van der Waals surface area contributed by atoms with E-state index in [2.05, 4.69) is 9.97 Å². The number of furan rings is 1. The SMILES string of the molecule is O=C(Cc1nc2sc3c(c2c(=O)[nH]1)CCCS3)c1ccco1. The molecule has 0 spiro atoms. The Labute approximate surface area is 133 Å². The molecule has 5 nitrogen and oxygen atoms in total. The molecule has 0 amide bonds. The number of aromatic nitrogens is 2. The topological polar surface area (TPSA) is 76.0 Å². The predicted molar refractivity (Wildman–Crippen MR) is 86.0 cm³/mol. The zero-order valence-electron chi connectivity index (χ0n) is 11.5. The minimum atomic E-state index is -0.191. The maximum Gasteiger partial charge on any atom is 0.259 e. The van der Waals surface area contributed by atoms with E-state index in [1.165, 1.54) is 10.5 Å². The van der Waals surface area contributed by atoms with Crippen molar-refractivity contribution in [1.29, 1.82) is 0 Å². The highest BCUT2D eigenvalue weighted by molar-refractivity contribution is 8.01. The van der Waals surface area contributed by atoms with Gasteiger partial charge in [0.15, 0.2) is 5.76 Å². The largest absolute Gasteiger partial charge is 0.461 e. The molecule has 0 unspecified atom stereocenters. The lowest BCUT2D eigenvalue weighted by atomic mass is 10.1. The van der Waals surface area contributed by atoms with Crippen LogP contribution in [0.4, 0.5) is 0 Å². The molecule has 4 rings (SSSR count). The number of thiophene rings is 1. The Kier molecular flexibility index (Phi) is 3.38. The fourth-order valence-electron chi connectivity index (χ4n) is 2.61. The molecule has 1 N–H and O–H groups in total. The molecule has 112 valence electrons. The maximum absolute atomic E-state index is 12.4. The molecule has 0 radical (unpaired) electrons. The van der Waals surface area contributed by atoms with E-state index in [4.69, 9.17) is 4.42 Å². The third-order valence-corrected chi connectivity index (χ3v) is 6.13. The standard InChI is InChI=1S/C15H12N2O3S2/c18-9(10-4-1-5-20-10)7-11-16-13(19)12-8-3-2-6-21-15(8)22-14(12)17-11/h1,4-5H,2-3,6-7H2,(H,16,17,19). The lowest BCUT2D eigenvalue weighted by Crippen LogP contribution is -2.15. The van der Waals surface area contributed by atoms with Gasteiger partial charge in [0.25, 0.3) is 5.56 Å². The van der Waals surface area contributed by atoms with E-state index in [1.54, 1.807) is 35.2 Å². The van der Waals surface area contributed by atoms with Crippen LogP contribution in [-0.4, -0.2) is 21.5 Å². The maximum atomic E-state index is 12.4.